The fraction of sp³-hybridized carbons (Fsp3) is 0.476. The first-order valence-corrected chi connectivity index (χ1v) is 10.1. The van der Waals surface area contributed by atoms with Crippen molar-refractivity contribution in [2.75, 3.05) is 18.4 Å². The average Bonchev–Trinajstić information content (AvgIpc) is 3.30. The molecular formula is C21H23ClN2O4. The predicted octanol–water partition coefficient (Wildman–Crippen LogP) is 3.43. The molecule has 0 aromatic heterocycles. The Morgan fingerprint density at radius 1 is 1.04 bits per heavy atom. The van der Waals surface area contributed by atoms with Gasteiger partial charge in [-0.2, -0.15) is 0 Å². The van der Waals surface area contributed by atoms with Crippen LogP contribution in [0.5, 0.6) is 0 Å². The molecule has 7 heteroatoms. The van der Waals surface area contributed by atoms with Gasteiger partial charge in [-0.15, -0.1) is 0 Å². The number of anilines is 1. The van der Waals surface area contributed by atoms with Crippen LogP contribution in [0.25, 0.3) is 0 Å². The number of amides is 2. The third-order valence-corrected chi connectivity index (χ3v) is 6.47. The van der Waals surface area contributed by atoms with Crippen molar-refractivity contribution in [1.82, 2.24) is 4.90 Å². The van der Waals surface area contributed by atoms with Gasteiger partial charge in [0, 0.05) is 18.8 Å². The number of nitrogens with one attached hydrogen (secondary N) is 1. The number of carboxylic acid groups (broad SMARTS) is 1. The largest absolute Gasteiger partial charge is 0.481 e. The zero-order chi connectivity index (χ0) is 19.8. The lowest BCUT2D eigenvalue weighted by molar-refractivity contribution is -0.146. The van der Waals surface area contributed by atoms with E-state index in [2.05, 4.69) is 5.32 Å². The molecular weight excluding hydrogens is 380 g/mol. The van der Waals surface area contributed by atoms with Gasteiger partial charge in [-0.1, -0.05) is 23.8 Å². The number of benzene rings is 1. The lowest BCUT2D eigenvalue weighted by Gasteiger charge is -2.27. The maximum Gasteiger partial charge on any atom is 0.307 e. The summed E-state index contributed by atoms with van der Waals surface area (Å²) in [5.41, 5.74) is 0.897. The molecule has 28 heavy (non-hydrogen) atoms. The van der Waals surface area contributed by atoms with Gasteiger partial charge in [0.1, 0.15) is 0 Å². The van der Waals surface area contributed by atoms with E-state index in [9.17, 15) is 19.5 Å². The highest BCUT2D eigenvalue weighted by Crippen LogP contribution is 2.48. The summed E-state index contributed by atoms with van der Waals surface area (Å²) in [5.74, 6) is -2.72. The van der Waals surface area contributed by atoms with Crippen molar-refractivity contribution in [2.45, 2.75) is 25.7 Å². The molecule has 4 rings (SSSR count). The summed E-state index contributed by atoms with van der Waals surface area (Å²) in [4.78, 5) is 38.8. The average molecular weight is 403 g/mol. The minimum Gasteiger partial charge on any atom is -0.481 e. The molecule has 2 amide bonds. The van der Waals surface area contributed by atoms with Crippen LogP contribution in [-0.4, -0.2) is 40.9 Å². The van der Waals surface area contributed by atoms with Crippen LogP contribution in [0.2, 0.25) is 5.02 Å². The summed E-state index contributed by atoms with van der Waals surface area (Å²) in [5, 5.41) is 12.6. The first kappa shape index (κ1) is 19.0. The van der Waals surface area contributed by atoms with Gasteiger partial charge in [-0.3, -0.25) is 14.4 Å². The molecule has 1 saturated heterocycles. The number of carbonyl (C=O) groups excluding carboxylic acids is 2. The summed E-state index contributed by atoms with van der Waals surface area (Å²) in [6, 6.07) is 4.85. The topological polar surface area (TPSA) is 86.7 Å². The fourth-order valence-corrected chi connectivity index (χ4v) is 5.04. The Kier molecular flexibility index (Phi) is 5.15. The first-order chi connectivity index (χ1) is 13.5. The van der Waals surface area contributed by atoms with Crippen molar-refractivity contribution in [3.8, 4) is 0 Å². The molecule has 2 N–H and O–H groups in total. The highest BCUT2D eigenvalue weighted by Gasteiger charge is 2.51. The molecule has 1 heterocycles. The second kappa shape index (κ2) is 7.59. The van der Waals surface area contributed by atoms with Gasteiger partial charge in [-0.05, 0) is 55.7 Å². The van der Waals surface area contributed by atoms with Crippen molar-refractivity contribution in [3.63, 3.8) is 0 Å². The standard InChI is InChI=1S/C21H23ClN2O4/c22-16-11-14(6-7-15(16)20(26)24-8-2-1-3-9-24)23-19(25)17-12-4-5-13(10-12)18(17)21(27)28/h4-7,11-13,17-18H,1-3,8-10H2,(H,23,25)(H,27,28)/t12-,13-,17-,18-/m0/s1. The number of halogens is 1. The molecule has 0 spiro atoms. The Hall–Kier alpha value is -2.34. The van der Waals surface area contributed by atoms with Gasteiger partial charge in [0.05, 0.1) is 22.4 Å². The maximum absolute atomic E-state index is 12.8. The third kappa shape index (κ3) is 3.41. The quantitative estimate of drug-likeness (QED) is 0.755. The summed E-state index contributed by atoms with van der Waals surface area (Å²) in [6.45, 7) is 1.48. The Morgan fingerprint density at radius 2 is 1.71 bits per heavy atom. The van der Waals surface area contributed by atoms with E-state index in [1.165, 1.54) is 0 Å². The zero-order valence-electron chi connectivity index (χ0n) is 15.4. The molecule has 6 nitrogen and oxygen atoms in total. The number of hydrogen-bond donors (Lipinski definition) is 2. The van der Waals surface area contributed by atoms with Crippen LogP contribution in [0.1, 0.15) is 36.0 Å². The van der Waals surface area contributed by atoms with Gasteiger partial charge in [0.25, 0.3) is 5.91 Å². The first-order valence-electron chi connectivity index (χ1n) is 9.76. The summed E-state index contributed by atoms with van der Waals surface area (Å²) in [6.07, 6.45) is 7.70. The van der Waals surface area contributed by atoms with Gasteiger partial charge >= 0.3 is 5.97 Å². The second-order valence-corrected chi connectivity index (χ2v) is 8.28. The number of piperidine rings is 1. The van der Waals surface area contributed by atoms with E-state index in [-0.39, 0.29) is 28.7 Å². The van der Waals surface area contributed by atoms with Crippen LogP contribution >= 0.6 is 11.6 Å². The summed E-state index contributed by atoms with van der Waals surface area (Å²) >= 11 is 6.32. The van der Waals surface area contributed by atoms with E-state index >= 15 is 0 Å². The van der Waals surface area contributed by atoms with Crippen LogP contribution in [0.4, 0.5) is 5.69 Å². The molecule has 0 radical (unpaired) electrons. The van der Waals surface area contributed by atoms with Gasteiger partial charge in [0.2, 0.25) is 5.91 Å². The second-order valence-electron chi connectivity index (χ2n) is 7.87. The van der Waals surface area contributed by atoms with Gasteiger partial charge < -0.3 is 15.3 Å². The molecule has 148 valence electrons. The van der Waals surface area contributed by atoms with Gasteiger partial charge in [-0.25, -0.2) is 0 Å². The molecule has 1 aliphatic heterocycles. The van der Waals surface area contributed by atoms with Crippen LogP contribution < -0.4 is 5.32 Å². The highest BCUT2D eigenvalue weighted by atomic mass is 35.5. The van der Waals surface area contributed by atoms with Crippen molar-refractivity contribution in [2.24, 2.45) is 23.7 Å². The lowest BCUT2D eigenvalue weighted by atomic mass is 9.82. The maximum atomic E-state index is 12.8. The molecule has 2 bridgehead atoms. The van der Waals surface area contributed by atoms with Crippen LogP contribution in [-0.2, 0) is 9.59 Å². The van der Waals surface area contributed by atoms with Gasteiger partial charge in [0.15, 0.2) is 0 Å². The van der Waals surface area contributed by atoms with E-state index in [0.29, 0.717) is 17.7 Å². The van der Waals surface area contributed by atoms with Crippen LogP contribution in [0.3, 0.4) is 0 Å². The fourth-order valence-electron chi connectivity index (χ4n) is 4.78. The minimum atomic E-state index is -0.933. The van der Waals surface area contributed by atoms with E-state index in [1.807, 2.05) is 17.1 Å². The molecule has 1 aromatic carbocycles. The van der Waals surface area contributed by atoms with E-state index in [1.54, 1.807) is 18.2 Å². The minimum absolute atomic E-state index is 0.0403. The number of carboxylic acids is 1. The molecule has 1 aromatic rings. The number of hydrogen-bond acceptors (Lipinski definition) is 3. The van der Waals surface area contributed by atoms with Crippen molar-refractivity contribution < 1.29 is 19.5 Å². The molecule has 0 unspecified atom stereocenters. The van der Waals surface area contributed by atoms with Crippen molar-refractivity contribution in [3.05, 3.63) is 40.9 Å². The Balaban J connectivity index is 1.47. The number of aliphatic carboxylic acids is 1. The Labute approximate surface area is 168 Å². The van der Waals surface area contributed by atoms with Crippen molar-refractivity contribution in [1.29, 1.82) is 0 Å². The number of likely N-dealkylation sites (tertiary alicyclic amines) is 1. The summed E-state index contributed by atoms with van der Waals surface area (Å²) in [7, 11) is 0. The zero-order valence-corrected chi connectivity index (χ0v) is 16.2. The Morgan fingerprint density at radius 3 is 2.36 bits per heavy atom. The number of carbonyl (C=O) groups is 3. The molecule has 1 saturated carbocycles. The third-order valence-electron chi connectivity index (χ3n) is 6.16. The molecule has 3 aliphatic rings. The molecule has 2 fully saturated rings. The van der Waals surface area contributed by atoms with Crippen LogP contribution in [0.15, 0.2) is 30.4 Å². The normalized spacial score (nSPS) is 28.4. The lowest BCUT2D eigenvalue weighted by Crippen LogP contribution is -2.36. The predicted molar refractivity (Wildman–Crippen MR) is 105 cm³/mol. The molecule has 4 atom stereocenters. The van der Waals surface area contributed by atoms with Crippen molar-refractivity contribution >= 4 is 35.1 Å². The Bertz CT molecular complexity index is 847. The molecule has 2 aliphatic carbocycles. The number of nitrogens with zero attached hydrogens (tertiary/aromatic N) is 1. The SMILES string of the molecule is O=C(O)[C@@H]1[C@@H](C(=O)Nc2ccc(C(=O)N3CCCCC3)c(Cl)c2)[C@H]2C=C[C@H]1C2. The van der Waals surface area contributed by atoms with Crippen LogP contribution in [0, 0.1) is 23.7 Å². The van der Waals surface area contributed by atoms with E-state index in [4.69, 9.17) is 11.6 Å². The van der Waals surface area contributed by atoms with E-state index in [0.717, 1.165) is 32.4 Å². The highest BCUT2D eigenvalue weighted by molar-refractivity contribution is 6.34. The number of rotatable bonds is 4. The smallest absolute Gasteiger partial charge is 0.307 e. The summed E-state index contributed by atoms with van der Waals surface area (Å²) < 4.78 is 0. The monoisotopic (exact) mass is 402 g/mol. The number of allylic oxidation sites excluding steroid dienone is 2. The van der Waals surface area contributed by atoms with E-state index < -0.39 is 17.8 Å². The number of fused-ring (bicyclic) bond motifs is 2.